The minimum absolute atomic E-state index is 0.154. The van der Waals surface area contributed by atoms with Crippen molar-refractivity contribution in [1.29, 1.82) is 0 Å². The number of benzene rings is 1. The Morgan fingerprint density at radius 3 is 2.38 bits per heavy atom. The molecule has 0 amide bonds. The summed E-state index contributed by atoms with van der Waals surface area (Å²) in [7, 11) is 0. The second-order valence-corrected chi connectivity index (χ2v) is 3.21. The van der Waals surface area contributed by atoms with Crippen LogP contribution >= 0.6 is 0 Å². The molecule has 1 N–H and O–H groups in total. The van der Waals surface area contributed by atoms with Gasteiger partial charge in [0.1, 0.15) is 5.60 Å². The van der Waals surface area contributed by atoms with Crippen LogP contribution in [0, 0.1) is 0 Å². The first-order chi connectivity index (χ1) is 6.09. The lowest BCUT2D eigenvalue weighted by Crippen LogP contribution is -2.31. The van der Waals surface area contributed by atoms with Crippen LogP contribution in [0.3, 0.4) is 0 Å². The molecule has 0 saturated heterocycles. The van der Waals surface area contributed by atoms with E-state index in [0.717, 1.165) is 0 Å². The number of Topliss-reactive ketones (excluding diaryl/α,β-unsaturated/α-hetero) is 1. The van der Waals surface area contributed by atoms with Crippen molar-refractivity contribution in [3.8, 4) is 0 Å². The highest BCUT2D eigenvalue weighted by Gasteiger charge is 2.29. The van der Waals surface area contributed by atoms with E-state index in [1.807, 2.05) is 18.2 Å². The van der Waals surface area contributed by atoms with Crippen molar-refractivity contribution < 1.29 is 9.90 Å². The van der Waals surface area contributed by atoms with E-state index in [0.29, 0.717) is 12.0 Å². The third kappa shape index (κ3) is 1.95. The van der Waals surface area contributed by atoms with Crippen LogP contribution in [-0.4, -0.2) is 10.9 Å². The monoisotopic (exact) mass is 178 g/mol. The van der Waals surface area contributed by atoms with Gasteiger partial charge in [-0.15, -0.1) is 0 Å². The van der Waals surface area contributed by atoms with E-state index in [2.05, 4.69) is 0 Å². The van der Waals surface area contributed by atoms with Crippen molar-refractivity contribution >= 4 is 5.78 Å². The molecule has 2 nitrogen and oxygen atoms in total. The maximum Gasteiger partial charge on any atom is 0.168 e. The van der Waals surface area contributed by atoms with Crippen LogP contribution in [0.4, 0.5) is 0 Å². The second-order valence-electron chi connectivity index (χ2n) is 3.21. The number of hydrogen-bond donors (Lipinski definition) is 1. The van der Waals surface area contributed by atoms with Crippen LogP contribution in [0.2, 0.25) is 0 Å². The lowest BCUT2D eigenvalue weighted by molar-refractivity contribution is -0.136. The van der Waals surface area contributed by atoms with Crippen molar-refractivity contribution in [2.75, 3.05) is 0 Å². The van der Waals surface area contributed by atoms with Gasteiger partial charge in [0.25, 0.3) is 0 Å². The Bertz CT molecular complexity index is 288. The minimum atomic E-state index is -1.34. The summed E-state index contributed by atoms with van der Waals surface area (Å²) < 4.78 is 0. The Morgan fingerprint density at radius 1 is 1.38 bits per heavy atom. The Hall–Kier alpha value is -1.15. The highest BCUT2D eigenvalue weighted by atomic mass is 16.3. The highest BCUT2D eigenvalue weighted by molar-refractivity contribution is 5.87. The van der Waals surface area contributed by atoms with Crippen molar-refractivity contribution in [1.82, 2.24) is 0 Å². The van der Waals surface area contributed by atoms with Crippen LogP contribution < -0.4 is 0 Å². The topological polar surface area (TPSA) is 37.3 Å². The van der Waals surface area contributed by atoms with E-state index in [1.165, 1.54) is 6.92 Å². The van der Waals surface area contributed by atoms with Gasteiger partial charge in [0, 0.05) is 6.42 Å². The van der Waals surface area contributed by atoms with Crippen LogP contribution in [-0.2, 0) is 10.4 Å². The molecule has 0 saturated carbocycles. The summed E-state index contributed by atoms with van der Waals surface area (Å²) in [5, 5.41) is 9.90. The van der Waals surface area contributed by atoms with Gasteiger partial charge in [0.15, 0.2) is 5.78 Å². The van der Waals surface area contributed by atoms with Gasteiger partial charge in [0.05, 0.1) is 0 Å². The molecule has 1 atom stereocenters. The number of carbonyl (C=O) groups is 1. The van der Waals surface area contributed by atoms with Crippen LogP contribution in [0.25, 0.3) is 0 Å². The summed E-state index contributed by atoms with van der Waals surface area (Å²) in [5.41, 5.74) is -0.683. The van der Waals surface area contributed by atoms with Crippen LogP contribution in [0.5, 0.6) is 0 Å². The van der Waals surface area contributed by atoms with Crippen LogP contribution in [0.15, 0.2) is 30.3 Å². The predicted molar refractivity (Wildman–Crippen MR) is 51.3 cm³/mol. The first-order valence-corrected chi connectivity index (χ1v) is 4.40. The lowest BCUT2D eigenvalue weighted by atomic mass is 9.90. The molecule has 0 aliphatic heterocycles. The molecule has 0 radical (unpaired) electrons. The summed E-state index contributed by atoms with van der Waals surface area (Å²) >= 11 is 0. The molecule has 0 unspecified atom stereocenters. The molecular formula is C11H14O2. The SMILES string of the molecule is CCC(=O)[C@](C)(O)c1ccccc1. The Labute approximate surface area is 78.2 Å². The predicted octanol–water partition coefficient (Wildman–Crippen LogP) is 1.87. The molecule has 0 aliphatic carbocycles. The smallest absolute Gasteiger partial charge is 0.168 e. The number of rotatable bonds is 3. The normalized spacial score (nSPS) is 15.0. The molecule has 1 aromatic carbocycles. The molecule has 0 spiro atoms. The lowest BCUT2D eigenvalue weighted by Gasteiger charge is -2.21. The third-order valence-electron chi connectivity index (χ3n) is 2.20. The molecule has 2 heteroatoms. The van der Waals surface area contributed by atoms with Gasteiger partial charge < -0.3 is 5.11 Å². The fourth-order valence-electron chi connectivity index (χ4n) is 1.27. The van der Waals surface area contributed by atoms with Gasteiger partial charge in [-0.3, -0.25) is 4.79 Å². The second kappa shape index (κ2) is 3.71. The average molecular weight is 178 g/mol. The molecule has 13 heavy (non-hydrogen) atoms. The molecule has 0 aliphatic rings. The van der Waals surface area contributed by atoms with Crippen LogP contribution in [0.1, 0.15) is 25.8 Å². The van der Waals surface area contributed by atoms with E-state index in [1.54, 1.807) is 19.1 Å². The zero-order valence-corrected chi connectivity index (χ0v) is 7.95. The quantitative estimate of drug-likeness (QED) is 0.767. The zero-order chi connectivity index (χ0) is 9.90. The number of aliphatic hydroxyl groups is 1. The molecule has 0 bridgehead atoms. The largest absolute Gasteiger partial charge is 0.378 e. The highest BCUT2D eigenvalue weighted by Crippen LogP contribution is 2.22. The first-order valence-electron chi connectivity index (χ1n) is 4.40. The van der Waals surface area contributed by atoms with Crippen molar-refractivity contribution in [3.63, 3.8) is 0 Å². The summed E-state index contributed by atoms with van der Waals surface area (Å²) in [4.78, 5) is 11.4. The zero-order valence-electron chi connectivity index (χ0n) is 7.95. The summed E-state index contributed by atoms with van der Waals surface area (Å²) in [6.07, 6.45) is 0.349. The first kappa shape index (κ1) is 9.93. The molecule has 0 aromatic heterocycles. The van der Waals surface area contributed by atoms with E-state index < -0.39 is 5.60 Å². The maximum atomic E-state index is 11.4. The van der Waals surface area contributed by atoms with Crippen molar-refractivity contribution in [2.45, 2.75) is 25.9 Å². The van der Waals surface area contributed by atoms with E-state index in [-0.39, 0.29) is 5.78 Å². The molecule has 0 fully saturated rings. The molecular weight excluding hydrogens is 164 g/mol. The fraction of sp³-hybridized carbons (Fsp3) is 0.364. The van der Waals surface area contributed by atoms with Gasteiger partial charge in [-0.05, 0) is 12.5 Å². The summed E-state index contributed by atoms with van der Waals surface area (Å²) in [6.45, 7) is 3.29. The van der Waals surface area contributed by atoms with E-state index >= 15 is 0 Å². The molecule has 0 heterocycles. The fourth-order valence-corrected chi connectivity index (χ4v) is 1.27. The standard InChI is InChI=1S/C11H14O2/c1-3-10(12)11(2,13)9-7-5-4-6-8-9/h4-8,13H,3H2,1-2H3/t11-/m1/s1. The Kier molecular flexibility index (Phi) is 2.83. The van der Waals surface area contributed by atoms with E-state index in [9.17, 15) is 9.90 Å². The van der Waals surface area contributed by atoms with Gasteiger partial charge in [-0.1, -0.05) is 37.3 Å². The van der Waals surface area contributed by atoms with Gasteiger partial charge in [0.2, 0.25) is 0 Å². The van der Waals surface area contributed by atoms with Gasteiger partial charge in [-0.25, -0.2) is 0 Å². The molecule has 1 rings (SSSR count). The minimum Gasteiger partial charge on any atom is -0.378 e. The Balaban J connectivity index is 3.00. The van der Waals surface area contributed by atoms with E-state index in [4.69, 9.17) is 0 Å². The van der Waals surface area contributed by atoms with Crippen molar-refractivity contribution in [3.05, 3.63) is 35.9 Å². The average Bonchev–Trinajstić information content (AvgIpc) is 2.18. The number of hydrogen-bond acceptors (Lipinski definition) is 2. The summed E-state index contributed by atoms with van der Waals surface area (Å²) in [6, 6.07) is 9.00. The summed E-state index contributed by atoms with van der Waals surface area (Å²) in [5.74, 6) is -0.154. The van der Waals surface area contributed by atoms with Crippen molar-refractivity contribution in [2.24, 2.45) is 0 Å². The van der Waals surface area contributed by atoms with Gasteiger partial charge >= 0.3 is 0 Å². The molecule has 1 aromatic rings. The third-order valence-corrected chi connectivity index (χ3v) is 2.20. The number of ketones is 1. The molecule has 70 valence electrons. The Morgan fingerprint density at radius 2 is 1.92 bits per heavy atom. The number of carbonyl (C=O) groups excluding carboxylic acids is 1. The maximum absolute atomic E-state index is 11.4. The van der Waals surface area contributed by atoms with Gasteiger partial charge in [-0.2, -0.15) is 0 Å².